The molecule has 2 N–H and O–H groups in total. The molecule has 2 aromatic rings. The summed E-state index contributed by atoms with van der Waals surface area (Å²) >= 11 is 0. The van der Waals surface area contributed by atoms with E-state index < -0.39 is 0 Å². The van der Waals surface area contributed by atoms with E-state index in [4.69, 9.17) is 10.5 Å². The summed E-state index contributed by atoms with van der Waals surface area (Å²) in [4.78, 5) is 15.2. The highest BCUT2D eigenvalue weighted by atomic mass is 16.5. The number of nitrogens with zero attached hydrogens (tertiary/aromatic N) is 2. The van der Waals surface area contributed by atoms with Gasteiger partial charge >= 0.3 is 0 Å². The van der Waals surface area contributed by atoms with Crippen molar-refractivity contribution in [1.82, 2.24) is 9.55 Å². The molecule has 0 atom stereocenters. The van der Waals surface area contributed by atoms with Crippen molar-refractivity contribution in [3.05, 3.63) is 53.2 Å². The number of hydrogen-bond acceptors (Lipinski definition) is 4. The molecule has 2 rings (SSSR count). The molecule has 0 amide bonds. The van der Waals surface area contributed by atoms with Gasteiger partial charge in [0.15, 0.2) is 0 Å². The number of nitrogen functional groups attached to an aromatic ring is 1. The third kappa shape index (κ3) is 2.84. The van der Waals surface area contributed by atoms with Crippen LogP contribution in [0.5, 0.6) is 5.75 Å². The highest BCUT2D eigenvalue weighted by Gasteiger charge is 1.99. The first-order chi connectivity index (χ1) is 8.27. The van der Waals surface area contributed by atoms with Crippen molar-refractivity contribution in [2.24, 2.45) is 0 Å². The molecule has 0 aliphatic heterocycles. The summed E-state index contributed by atoms with van der Waals surface area (Å²) in [5.74, 6) is 0.629. The summed E-state index contributed by atoms with van der Waals surface area (Å²) in [6.45, 7) is 0.820. The SMILES string of the molecule is Nc1ccccc1OCCn1cnccc1=O. The van der Waals surface area contributed by atoms with Gasteiger partial charge in [0.05, 0.1) is 18.6 Å². The van der Waals surface area contributed by atoms with Crippen molar-refractivity contribution < 1.29 is 4.74 Å². The normalized spacial score (nSPS) is 10.1. The smallest absolute Gasteiger partial charge is 0.253 e. The Morgan fingerprint density at radius 2 is 2.12 bits per heavy atom. The quantitative estimate of drug-likeness (QED) is 0.794. The lowest BCUT2D eigenvalue weighted by atomic mass is 10.3. The molecule has 0 fully saturated rings. The van der Waals surface area contributed by atoms with E-state index in [1.54, 1.807) is 12.1 Å². The monoisotopic (exact) mass is 231 g/mol. The molecular formula is C12H13N3O2. The average molecular weight is 231 g/mol. The number of anilines is 1. The predicted octanol–water partition coefficient (Wildman–Crippen LogP) is 0.904. The molecule has 0 saturated carbocycles. The van der Waals surface area contributed by atoms with E-state index in [1.807, 2.05) is 12.1 Å². The van der Waals surface area contributed by atoms with Crippen LogP contribution >= 0.6 is 0 Å². The van der Waals surface area contributed by atoms with Crippen molar-refractivity contribution in [1.29, 1.82) is 0 Å². The van der Waals surface area contributed by atoms with Gasteiger partial charge in [-0.1, -0.05) is 12.1 Å². The van der Waals surface area contributed by atoms with Crippen LogP contribution in [-0.2, 0) is 6.54 Å². The van der Waals surface area contributed by atoms with Crippen molar-refractivity contribution in [3.8, 4) is 5.75 Å². The van der Waals surface area contributed by atoms with Gasteiger partial charge in [0.1, 0.15) is 12.4 Å². The van der Waals surface area contributed by atoms with E-state index in [1.165, 1.54) is 23.2 Å². The molecule has 0 spiro atoms. The maximum atomic E-state index is 11.4. The minimum atomic E-state index is -0.0929. The lowest BCUT2D eigenvalue weighted by Gasteiger charge is -2.09. The molecule has 1 heterocycles. The number of ether oxygens (including phenoxy) is 1. The molecular weight excluding hydrogens is 218 g/mol. The topological polar surface area (TPSA) is 70.1 Å². The van der Waals surface area contributed by atoms with Gasteiger partial charge in [-0.25, -0.2) is 4.98 Å². The number of para-hydroxylation sites is 2. The van der Waals surface area contributed by atoms with E-state index in [9.17, 15) is 4.79 Å². The summed E-state index contributed by atoms with van der Waals surface area (Å²) in [5, 5.41) is 0. The third-order valence-corrected chi connectivity index (χ3v) is 2.30. The molecule has 17 heavy (non-hydrogen) atoms. The average Bonchev–Trinajstić information content (AvgIpc) is 2.34. The fourth-order valence-corrected chi connectivity index (χ4v) is 1.41. The lowest BCUT2D eigenvalue weighted by Crippen LogP contribution is -2.22. The zero-order valence-corrected chi connectivity index (χ0v) is 9.24. The van der Waals surface area contributed by atoms with E-state index in [0.29, 0.717) is 24.6 Å². The van der Waals surface area contributed by atoms with Gasteiger partial charge < -0.3 is 10.5 Å². The highest BCUT2D eigenvalue weighted by molar-refractivity contribution is 5.51. The first kappa shape index (κ1) is 11.2. The van der Waals surface area contributed by atoms with Gasteiger partial charge in [-0.3, -0.25) is 9.36 Å². The van der Waals surface area contributed by atoms with Gasteiger partial charge in [0.25, 0.3) is 5.56 Å². The van der Waals surface area contributed by atoms with Crippen molar-refractivity contribution in [3.63, 3.8) is 0 Å². The van der Waals surface area contributed by atoms with Crippen LogP contribution in [0.3, 0.4) is 0 Å². The summed E-state index contributed by atoms with van der Waals surface area (Å²) in [6, 6.07) is 8.67. The van der Waals surface area contributed by atoms with Crippen LogP contribution in [-0.4, -0.2) is 16.2 Å². The third-order valence-electron chi connectivity index (χ3n) is 2.30. The minimum absolute atomic E-state index is 0.0929. The molecule has 0 bridgehead atoms. The molecule has 5 nitrogen and oxygen atoms in total. The summed E-state index contributed by atoms with van der Waals surface area (Å²) < 4.78 is 6.97. The second kappa shape index (κ2) is 5.16. The van der Waals surface area contributed by atoms with E-state index in [2.05, 4.69) is 4.98 Å². The van der Waals surface area contributed by atoms with Crippen LogP contribution in [0.4, 0.5) is 5.69 Å². The number of hydrogen-bond donors (Lipinski definition) is 1. The largest absolute Gasteiger partial charge is 0.490 e. The zero-order valence-electron chi connectivity index (χ0n) is 9.24. The second-order valence-corrected chi connectivity index (χ2v) is 3.50. The van der Waals surface area contributed by atoms with Gasteiger partial charge in [-0.15, -0.1) is 0 Å². The molecule has 5 heteroatoms. The lowest BCUT2D eigenvalue weighted by molar-refractivity contribution is 0.297. The Morgan fingerprint density at radius 1 is 1.29 bits per heavy atom. The Morgan fingerprint density at radius 3 is 2.88 bits per heavy atom. The van der Waals surface area contributed by atoms with E-state index >= 15 is 0 Å². The Labute approximate surface area is 98.5 Å². The summed E-state index contributed by atoms with van der Waals surface area (Å²) in [7, 11) is 0. The van der Waals surface area contributed by atoms with Gasteiger partial charge in [0, 0.05) is 12.3 Å². The van der Waals surface area contributed by atoms with E-state index in [-0.39, 0.29) is 5.56 Å². The van der Waals surface area contributed by atoms with Crippen LogP contribution in [0.1, 0.15) is 0 Å². The molecule has 88 valence electrons. The van der Waals surface area contributed by atoms with Crippen LogP contribution in [0.15, 0.2) is 47.7 Å². The maximum absolute atomic E-state index is 11.4. The first-order valence-electron chi connectivity index (χ1n) is 5.25. The number of rotatable bonds is 4. The van der Waals surface area contributed by atoms with Crippen molar-refractivity contribution in [2.75, 3.05) is 12.3 Å². The molecule has 0 saturated heterocycles. The highest BCUT2D eigenvalue weighted by Crippen LogP contribution is 2.19. The van der Waals surface area contributed by atoms with Gasteiger partial charge in [-0.05, 0) is 12.1 Å². The van der Waals surface area contributed by atoms with Crippen molar-refractivity contribution >= 4 is 5.69 Å². The van der Waals surface area contributed by atoms with Gasteiger partial charge in [-0.2, -0.15) is 0 Å². The second-order valence-electron chi connectivity index (χ2n) is 3.50. The molecule has 0 aliphatic rings. The number of aromatic nitrogens is 2. The van der Waals surface area contributed by atoms with Gasteiger partial charge in [0.2, 0.25) is 0 Å². The first-order valence-corrected chi connectivity index (χ1v) is 5.25. The molecule has 1 aromatic heterocycles. The molecule has 0 aliphatic carbocycles. The van der Waals surface area contributed by atoms with Crippen molar-refractivity contribution in [2.45, 2.75) is 6.54 Å². The standard InChI is InChI=1S/C12H13N3O2/c13-10-3-1-2-4-11(10)17-8-7-15-9-14-6-5-12(15)16/h1-6,9H,7-8,13H2. The Hall–Kier alpha value is -2.30. The Balaban J connectivity index is 1.95. The molecule has 1 aromatic carbocycles. The predicted molar refractivity (Wildman–Crippen MR) is 64.8 cm³/mol. The fourth-order valence-electron chi connectivity index (χ4n) is 1.41. The summed E-state index contributed by atoms with van der Waals surface area (Å²) in [5.41, 5.74) is 6.22. The zero-order chi connectivity index (χ0) is 12.1. The van der Waals surface area contributed by atoms with Crippen LogP contribution in [0, 0.1) is 0 Å². The number of nitrogens with two attached hydrogens (primary N) is 1. The maximum Gasteiger partial charge on any atom is 0.253 e. The Bertz CT molecular complexity index is 551. The Kier molecular flexibility index (Phi) is 3.40. The minimum Gasteiger partial charge on any atom is -0.490 e. The number of benzene rings is 1. The molecule has 0 radical (unpaired) electrons. The molecule has 0 unspecified atom stereocenters. The summed E-state index contributed by atoms with van der Waals surface area (Å²) in [6.07, 6.45) is 2.95. The fraction of sp³-hybridized carbons (Fsp3) is 0.167. The van der Waals surface area contributed by atoms with Crippen LogP contribution in [0.25, 0.3) is 0 Å². The van der Waals surface area contributed by atoms with E-state index in [0.717, 1.165) is 0 Å². The van der Waals surface area contributed by atoms with Crippen LogP contribution in [0.2, 0.25) is 0 Å². The van der Waals surface area contributed by atoms with Crippen LogP contribution < -0.4 is 16.0 Å².